The Labute approximate surface area is 140 Å². The van der Waals surface area contributed by atoms with Gasteiger partial charge in [-0.3, -0.25) is 4.79 Å². The molecule has 126 valence electrons. The van der Waals surface area contributed by atoms with E-state index in [4.69, 9.17) is 0 Å². The fourth-order valence-electron chi connectivity index (χ4n) is 3.34. The molecule has 0 spiro atoms. The molecule has 0 saturated heterocycles. The van der Waals surface area contributed by atoms with E-state index in [1.807, 2.05) is 0 Å². The molecule has 1 aromatic carbocycles. The van der Waals surface area contributed by atoms with Crippen molar-refractivity contribution in [2.45, 2.75) is 59.3 Å². The van der Waals surface area contributed by atoms with E-state index >= 15 is 0 Å². The molecule has 0 saturated carbocycles. The molecule has 0 aliphatic heterocycles. The Bertz CT molecular complexity index is 552. The normalized spacial score (nSPS) is 14.3. The van der Waals surface area contributed by atoms with E-state index < -0.39 is 0 Å². The van der Waals surface area contributed by atoms with E-state index in [0.29, 0.717) is 13.0 Å². The second-order valence-electron chi connectivity index (χ2n) is 6.66. The summed E-state index contributed by atoms with van der Waals surface area (Å²) in [7, 11) is 0. The third-order valence-corrected chi connectivity index (χ3v) is 4.48. The van der Waals surface area contributed by atoms with Gasteiger partial charge in [0.2, 0.25) is 5.91 Å². The summed E-state index contributed by atoms with van der Waals surface area (Å²) in [4.78, 5) is 11.9. The Morgan fingerprint density at radius 3 is 2.48 bits per heavy atom. The van der Waals surface area contributed by atoms with Crippen molar-refractivity contribution in [3.8, 4) is 0 Å². The number of benzene rings is 1. The lowest BCUT2D eigenvalue weighted by Crippen LogP contribution is -2.26. The first-order valence-corrected chi connectivity index (χ1v) is 8.82. The van der Waals surface area contributed by atoms with E-state index in [2.05, 4.69) is 49.6 Å². The lowest BCUT2D eigenvalue weighted by atomic mass is 9.97. The van der Waals surface area contributed by atoms with Gasteiger partial charge in [0, 0.05) is 25.2 Å². The number of carbonyl (C=O) groups is 1. The zero-order valence-corrected chi connectivity index (χ0v) is 14.8. The van der Waals surface area contributed by atoms with Gasteiger partial charge in [0.25, 0.3) is 0 Å². The van der Waals surface area contributed by atoms with Gasteiger partial charge in [0.05, 0.1) is 0 Å². The molecule has 0 aromatic heterocycles. The Hall–Kier alpha value is -1.77. The first kappa shape index (κ1) is 17.6. The molecule has 0 fully saturated rings. The number of hydrogen-bond acceptors (Lipinski definition) is 2. The van der Waals surface area contributed by atoms with Gasteiger partial charge in [-0.25, -0.2) is 0 Å². The van der Waals surface area contributed by atoms with Gasteiger partial charge in [-0.1, -0.05) is 29.3 Å². The topological polar surface area (TPSA) is 41.1 Å². The molecule has 1 aromatic rings. The average molecular weight is 314 g/mol. The molecule has 1 amide bonds. The molecular formula is C20H30N2O. The first-order chi connectivity index (χ1) is 11.1. The zero-order valence-electron chi connectivity index (χ0n) is 14.8. The summed E-state index contributed by atoms with van der Waals surface area (Å²) in [5.41, 5.74) is 6.44. The van der Waals surface area contributed by atoms with Crippen molar-refractivity contribution in [2.24, 2.45) is 0 Å². The van der Waals surface area contributed by atoms with Crippen LogP contribution in [0.15, 0.2) is 23.8 Å². The summed E-state index contributed by atoms with van der Waals surface area (Å²) < 4.78 is 0. The number of hydrogen-bond donors (Lipinski definition) is 2. The number of aryl methyl sites for hydroxylation is 3. The minimum absolute atomic E-state index is 0.135. The van der Waals surface area contributed by atoms with Crippen LogP contribution in [0.4, 0.5) is 5.69 Å². The smallest absolute Gasteiger partial charge is 0.221 e. The minimum Gasteiger partial charge on any atom is -0.384 e. The van der Waals surface area contributed by atoms with Gasteiger partial charge in [-0.15, -0.1) is 0 Å². The summed E-state index contributed by atoms with van der Waals surface area (Å²) in [5, 5.41) is 6.44. The van der Waals surface area contributed by atoms with Crippen LogP contribution in [0.3, 0.4) is 0 Å². The highest BCUT2D eigenvalue weighted by molar-refractivity contribution is 5.76. The Balaban J connectivity index is 1.68. The molecule has 1 aliphatic rings. The molecule has 2 rings (SSSR count). The number of rotatable bonds is 7. The highest BCUT2D eigenvalue weighted by Gasteiger charge is 2.07. The number of allylic oxidation sites excluding steroid dienone is 1. The lowest BCUT2D eigenvalue weighted by Gasteiger charge is -2.14. The Kier molecular flexibility index (Phi) is 6.69. The van der Waals surface area contributed by atoms with Crippen molar-refractivity contribution in [3.63, 3.8) is 0 Å². The molecule has 1 aliphatic carbocycles. The van der Waals surface area contributed by atoms with Crippen LogP contribution in [0.1, 0.15) is 55.2 Å². The molecule has 0 unspecified atom stereocenters. The van der Waals surface area contributed by atoms with Crippen LogP contribution >= 0.6 is 0 Å². The third kappa shape index (κ3) is 5.74. The standard InChI is InChI=1S/C20H30N2O/c1-15-13-16(2)20(17(3)14-15)22-12-10-19(23)21-11-9-18-7-5-4-6-8-18/h7,13-14,22H,4-6,8-12H2,1-3H3,(H,21,23). The van der Waals surface area contributed by atoms with Crippen molar-refractivity contribution in [3.05, 3.63) is 40.5 Å². The maximum absolute atomic E-state index is 11.9. The van der Waals surface area contributed by atoms with E-state index in [-0.39, 0.29) is 5.91 Å². The maximum Gasteiger partial charge on any atom is 0.221 e. The van der Waals surface area contributed by atoms with Gasteiger partial charge < -0.3 is 10.6 Å². The number of amides is 1. The lowest BCUT2D eigenvalue weighted by molar-refractivity contribution is -0.120. The second-order valence-corrected chi connectivity index (χ2v) is 6.66. The molecule has 0 heterocycles. The second kappa shape index (κ2) is 8.76. The van der Waals surface area contributed by atoms with Gasteiger partial charge in [-0.2, -0.15) is 0 Å². The highest BCUT2D eigenvalue weighted by atomic mass is 16.1. The van der Waals surface area contributed by atoms with Crippen LogP contribution in [-0.4, -0.2) is 19.0 Å². The van der Waals surface area contributed by atoms with Crippen LogP contribution in [0.2, 0.25) is 0 Å². The van der Waals surface area contributed by atoms with Crippen molar-refractivity contribution >= 4 is 11.6 Å². The summed E-state index contributed by atoms with van der Waals surface area (Å²) in [6, 6.07) is 4.35. The van der Waals surface area contributed by atoms with E-state index in [9.17, 15) is 4.79 Å². The van der Waals surface area contributed by atoms with Crippen LogP contribution in [0, 0.1) is 20.8 Å². The highest BCUT2D eigenvalue weighted by Crippen LogP contribution is 2.22. The van der Waals surface area contributed by atoms with Crippen LogP contribution in [0.25, 0.3) is 0 Å². The first-order valence-electron chi connectivity index (χ1n) is 8.82. The molecule has 0 atom stereocenters. The number of anilines is 1. The third-order valence-electron chi connectivity index (χ3n) is 4.48. The van der Waals surface area contributed by atoms with Crippen molar-refractivity contribution in [1.29, 1.82) is 0 Å². The summed E-state index contributed by atoms with van der Waals surface area (Å²) in [6.07, 6.45) is 8.92. The van der Waals surface area contributed by atoms with Gasteiger partial charge in [-0.05, 0) is 64.0 Å². The van der Waals surface area contributed by atoms with Crippen LogP contribution in [-0.2, 0) is 4.79 Å². The predicted octanol–water partition coefficient (Wildman–Crippen LogP) is 4.42. The minimum atomic E-state index is 0.135. The van der Waals surface area contributed by atoms with Crippen molar-refractivity contribution < 1.29 is 4.79 Å². The zero-order chi connectivity index (χ0) is 16.7. The predicted molar refractivity (Wildman–Crippen MR) is 97.9 cm³/mol. The van der Waals surface area contributed by atoms with Crippen LogP contribution in [0.5, 0.6) is 0 Å². The number of nitrogens with one attached hydrogen (secondary N) is 2. The Morgan fingerprint density at radius 2 is 1.83 bits per heavy atom. The van der Waals surface area contributed by atoms with Gasteiger partial charge >= 0.3 is 0 Å². The Morgan fingerprint density at radius 1 is 1.09 bits per heavy atom. The van der Waals surface area contributed by atoms with E-state index in [1.54, 1.807) is 0 Å². The molecule has 0 bridgehead atoms. The summed E-state index contributed by atoms with van der Waals surface area (Å²) in [5.74, 6) is 0.135. The summed E-state index contributed by atoms with van der Waals surface area (Å²) >= 11 is 0. The average Bonchev–Trinajstić information content (AvgIpc) is 2.51. The molecule has 3 heteroatoms. The van der Waals surface area contributed by atoms with E-state index in [1.165, 1.54) is 47.9 Å². The van der Waals surface area contributed by atoms with E-state index in [0.717, 1.165) is 18.7 Å². The summed E-state index contributed by atoms with van der Waals surface area (Å²) in [6.45, 7) is 7.78. The van der Waals surface area contributed by atoms with Gasteiger partial charge in [0.1, 0.15) is 0 Å². The van der Waals surface area contributed by atoms with Gasteiger partial charge in [0.15, 0.2) is 0 Å². The molecular weight excluding hydrogens is 284 g/mol. The molecule has 3 nitrogen and oxygen atoms in total. The SMILES string of the molecule is Cc1cc(C)c(NCCC(=O)NCCC2=CCCCC2)c(C)c1. The number of carbonyl (C=O) groups excluding carboxylic acids is 1. The quantitative estimate of drug-likeness (QED) is 0.731. The van der Waals surface area contributed by atoms with Crippen LogP contribution < -0.4 is 10.6 Å². The van der Waals surface area contributed by atoms with Crippen molar-refractivity contribution in [2.75, 3.05) is 18.4 Å². The monoisotopic (exact) mass is 314 g/mol. The fraction of sp³-hybridized carbons (Fsp3) is 0.550. The molecule has 0 radical (unpaired) electrons. The fourth-order valence-corrected chi connectivity index (χ4v) is 3.34. The maximum atomic E-state index is 11.9. The molecule has 23 heavy (non-hydrogen) atoms. The van der Waals surface area contributed by atoms with Crippen molar-refractivity contribution in [1.82, 2.24) is 5.32 Å². The largest absolute Gasteiger partial charge is 0.384 e. The molecule has 2 N–H and O–H groups in total.